The molecule has 0 bridgehead atoms. The van der Waals surface area contributed by atoms with Crippen molar-refractivity contribution in [1.82, 2.24) is 4.90 Å². The van der Waals surface area contributed by atoms with Gasteiger partial charge >= 0.3 is 0 Å². The van der Waals surface area contributed by atoms with Crippen molar-refractivity contribution in [2.24, 2.45) is 0 Å². The summed E-state index contributed by atoms with van der Waals surface area (Å²) in [7, 11) is 3.62. The Balaban J connectivity index is 1.61. The summed E-state index contributed by atoms with van der Waals surface area (Å²) in [5.74, 6) is 0.409. The summed E-state index contributed by atoms with van der Waals surface area (Å²) in [6, 6.07) is 14.8. The third-order valence-electron chi connectivity index (χ3n) is 4.25. The molecule has 0 spiro atoms. The summed E-state index contributed by atoms with van der Waals surface area (Å²) >= 11 is 0. The van der Waals surface area contributed by atoms with Crippen LogP contribution in [0.5, 0.6) is 5.75 Å². The monoisotopic (exact) mass is 324 g/mol. The van der Waals surface area contributed by atoms with Gasteiger partial charge < -0.3 is 9.64 Å². The minimum absolute atomic E-state index is 0.199. The topological polar surface area (TPSA) is 49.9 Å². The van der Waals surface area contributed by atoms with E-state index in [1.807, 2.05) is 31.3 Å². The summed E-state index contributed by atoms with van der Waals surface area (Å²) in [5.41, 5.74) is 1.99. The molecule has 0 saturated heterocycles. The van der Waals surface area contributed by atoms with Crippen molar-refractivity contribution in [2.45, 2.75) is 6.42 Å². The average molecular weight is 324 g/mol. The molecule has 0 N–H and O–H groups in total. The maximum atomic E-state index is 12.3. The number of para-hydroxylation sites is 2. The third-order valence-corrected chi connectivity index (χ3v) is 4.25. The second-order valence-electron chi connectivity index (χ2n) is 5.75. The van der Waals surface area contributed by atoms with E-state index in [1.54, 1.807) is 31.4 Å². The lowest BCUT2D eigenvalue weighted by Gasteiger charge is -2.22. The maximum absolute atomic E-state index is 12.3. The van der Waals surface area contributed by atoms with Gasteiger partial charge in [-0.1, -0.05) is 24.3 Å². The number of imide groups is 1. The number of hydrogen-bond donors (Lipinski definition) is 0. The van der Waals surface area contributed by atoms with E-state index >= 15 is 0 Å². The fourth-order valence-corrected chi connectivity index (χ4v) is 2.97. The van der Waals surface area contributed by atoms with Crippen LogP contribution < -0.4 is 9.64 Å². The minimum Gasteiger partial charge on any atom is -0.495 e. The quantitative estimate of drug-likeness (QED) is 0.767. The van der Waals surface area contributed by atoms with Crippen LogP contribution in [0.1, 0.15) is 27.1 Å². The first kappa shape index (κ1) is 16.1. The average Bonchev–Trinajstić information content (AvgIpc) is 2.86. The first-order valence-corrected chi connectivity index (χ1v) is 7.93. The van der Waals surface area contributed by atoms with E-state index < -0.39 is 0 Å². The van der Waals surface area contributed by atoms with Crippen LogP contribution in [0.25, 0.3) is 0 Å². The van der Waals surface area contributed by atoms with Crippen LogP contribution in [0.4, 0.5) is 5.69 Å². The zero-order valence-corrected chi connectivity index (χ0v) is 13.9. The van der Waals surface area contributed by atoms with Gasteiger partial charge in [0.05, 0.1) is 23.9 Å². The van der Waals surface area contributed by atoms with E-state index in [4.69, 9.17) is 4.74 Å². The number of carbonyl (C=O) groups excluding carboxylic acids is 2. The van der Waals surface area contributed by atoms with Gasteiger partial charge in [0.1, 0.15) is 5.75 Å². The Morgan fingerprint density at radius 3 is 2.17 bits per heavy atom. The highest BCUT2D eigenvalue weighted by atomic mass is 16.5. The van der Waals surface area contributed by atoms with E-state index in [1.165, 1.54) is 4.90 Å². The Labute approximate surface area is 141 Å². The Morgan fingerprint density at radius 1 is 0.958 bits per heavy atom. The molecule has 2 amide bonds. The highest BCUT2D eigenvalue weighted by Gasteiger charge is 2.34. The summed E-state index contributed by atoms with van der Waals surface area (Å²) in [5, 5.41) is 0. The molecule has 0 aromatic heterocycles. The highest BCUT2D eigenvalue weighted by molar-refractivity contribution is 6.21. The third kappa shape index (κ3) is 2.85. The fraction of sp³-hybridized carbons (Fsp3) is 0.263. The van der Waals surface area contributed by atoms with Gasteiger partial charge in [0.25, 0.3) is 11.8 Å². The maximum Gasteiger partial charge on any atom is 0.261 e. The molecular formula is C19H20N2O3. The van der Waals surface area contributed by atoms with Crippen molar-refractivity contribution < 1.29 is 14.3 Å². The zero-order valence-electron chi connectivity index (χ0n) is 13.9. The molecule has 1 aliphatic rings. The first-order valence-electron chi connectivity index (χ1n) is 7.93. The molecule has 3 rings (SSSR count). The smallest absolute Gasteiger partial charge is 0.261 e. The molecule has 124 valence electrons. The molecule has 5 heteroatoms. The highest BCUT2D eigenvalue weighted by Crippen LogP contribution is 2.27. The summed E-state index contributed by atoms with van der Waals surface area (Å²) in [6.07, 6.45) is 0.694. The number of methoxy groups -OCH3 is 1. The van der Waals surface area contributed by atoms with Crippen LogP contribution in [0.2, 0.25) is 0 Å². The SMILES string of the molecule is COc1ccccc1N(C)CCCN1C(=O)c2ccccc2C1=O. The van der Waals surface area contributed by atoms with Crippen molar-refractivity contribution >= 4 is 17.5 Å². The summed E-state index contributed by atoms with van der Waals surface area (Å²) in [4.78, 5) is 28.1. The van der Waals surface area contributed by atoms with Crippen molar-refractivity contribution in [3.8, 4) is 5.75 Å². The van der Waals surface area contributed by atoms with Gasteiger partial charge in [-0.2, -0.15) is 0 Å². The standard InChI is InChI=1S/C19H20N2O3/c1-20(16-10-5-6-11-17(16)24-2)12-7-13-21-18(22)14-8-3-4-9-15(14)19(21)23/h3-6,8-11H,7,12-13H2,1-2H3. The van der Waals surface area contributed by atoms with Gasteiger partial charge in [-0.3, -0.25) is 14.5 Å². The van der Waals surface area contributed by atoms with Gasteiger partial charge in [-0.05, 0) is 30.7 Å². The molecule has 1 aliphatic heterocycles. The summed E-state index contributed by atoms with van der Waals surface area (Å²) in [6.45, 7) is 1.12. The number of benzene rings is 2. The van der Waals surface area contributed by atoms with Crippen molar-refractivity contribution in [1.29, 1.82) is 0 Å². The number of anilines is 1. The molecule has 0 saturated carbocycles. The second-order valence-corrected chi connectivity index (χ2v) is 5.75. The molecule has 0 fully saturated rings. The number of ether oxygens (including phenoxy) is 1. The van der Waals surface area contributed by atoms with Crippen LogP contribution in [-0.4, -0.2) is 44.0 Å². The molecule has 0 aliphatic carbocycles. The van der Waals surface area contributed by atoms with Crippen LogP contribution in [0.15, 0.2) is 48.5 Å². The minimum atomic E-state index is -0.199. The van der Waals surface area contributed by atoms with Gasteiger partial charge in [0.2, 0.25) is 0 Å². The van der Waals surface area contributed by atoms with Crippen LogP contribution in [0.3, 0.4) is 0 Å². The second kappa shape index (κ2) is 6.74. The molecule has 0 atom stereocenters. The first-order chi connectivity index (χ1) is 11.6. The Bertz CT molecular complexity index is 738. The lowest BCUT2D eigenvalue weighted by atomic mass is 10.1. The Hall–Kier alpha value is -2.82. The van der Waals surface area contributed by atoms with E-state index in [9.17, 15) is 9.59 Å². The normalized spacial score (nSPS) is 13.2. The largest absolute Gasteiger partial charge is 0.495 e. The molecule has 5 nitrogen and oxygen atoms in total. The number of carbonyl (C=O) groups is 2. The number of fused-ring (bicyclic) bond motifs is 1. The van der Waals surface area contributed by atoms with Crippen molar-refractivity contribution in [3.63, 3.8) is 0 Å². The predicted molar refractivity (Wildman–Crippen MR) is 92.7 cm³/mol. The van der Waals surface area contributed by atoms with Crippen LogP contribution in [0, 0.1) is 0 Å². The number of amides is 2. The van der Waals surface area contributed by atoms with Gasteiger partial charge in [0, 0.05) is 20.1 Å². The molecule has 24 heavy (non-hydrogen) atoms. The fourth-order valence-electron chi connectivity index (χ4n) is 2.97. The van der Waals surface area contributed by atoms with Crippen molar-refractivity contribution in [2.75, 3.05) is 32.1 Å². The van der Waals surface area contributed by atoms with Gasteiger partial charge in [-0.15, -0.1) is 0 Å². The molecule has 0 radical (unpaired) electrons. The van der Waals surface area contributed by atoms with Gasteiger partial charge in [0.15, 0.2) is 0 Å². The summed E-state index contributed by atoms with van der Waals surface area (Å²) < 4.78 is 5.36. The van der Waals surface area contributed by atoms with Crippen LogP contribution in [-0.2, 0) is 0 Å². The molecule has 2 aromatic carbocycles. The van der Waals surface area contributed by atoms with E-state index in [-0.39, 0.29) is 11.8 Å². The lowest BCUT2D eigenvalue weighted by molar-refractivity contribution is 0.0653. The number of nitrogens with zero attached hydrogens (tertiary/aromatic N) is 2. The van der Waals surface area contributed by atoms with Crippen LogP contribution >= 0.6 is 0 Å². The zero-order chi connectivity index (χ0) is 17.1. The van der Waals surface area contributed by atoms with Crippen molar-refractivity contribution in [3.05, 3.63) is 59.7 Å². The molecule has 1 heterocycles. The van der Waals surface area contributed by atoms with E-state index in [0.29, 0.717) is 30.6 Å². The number of hydrogen-bond acceptors (Lipinski definition) is 4. The molecular weight excluding hydrogens is 304 g/mol. The molecule has 0 unspecified atom stereocenters. The predicted octanol–water partition coefficient (Wildman–Crippen LogP) is 2.82. The van der Waals surface area contributed by atoms with E-state index in [0.717, 1.165) is 11.4 Å². The lowest BCUT2D eigenvalue weighted by Crippen LogP contribution is -2.33. The van der Waals surface area contributed by atoms with Gasteiger partial charge in [-0.25, -0.2) is 0 Å². The number of rotatable bonds is 6. The molecule has 2 aromatic rings. The Morgan fingerprint density at radius 2 is 1.54 bits per heavy atom. The van der Waals surface area contributed by atoms with E-state index in [2.05, 4.69) is 4.90 Å². The Kier molecular flexibility index (Phi) is 4.51.